The van der Waals surface area contributed by atoms with Gasteiger partial charge in [-0.05, 0) is 55.3 Å². The maximum Gasteiger partial charge on any atom is 0.295 e. The van der Waals surface area contributed by atoms with Crippen LogP contribution in [-0.2, 0) is 16.1 Å². The van der Waals surface area contributed by atoms with Crippen LogP contribution >= 0.6 is 0 Å². The first-order chi connectivity index (χ1) is 16.4. The van der Waals surface area contributed by atoms with Gasteiger partial charge in [0.15, 0.2) is 0 Å². The molecular formula is C27H26N2O5. The van der Waals surface area contributed by atoms with Gasteiger partial charge in [0.2, 0.25) is 0 Å². The van der Waals surface area contributed by atoms with E-state index in [0.717, 1.165) is 5.56 Å². The maximum absolute atomic E-state index is 13.2. The zero-order chi connectivity index (χ0) is 24.2. The number of nitrogens with zero attached hydrogens (tertiary/aromatic N) is 2. The Labute approximate surface area is 198 Å². The largest absolute Gasteiger partial charge is 0.507 e. The van der Waals surface area contributed by atoms with Crippen LogP contribution in [0.5, 0.6) is 11.5 Å². The Morgan fingerprint density at radius 1 is 1.06 bits per heavy atom. The molecular weight excluding hydrogens is 432 g/mol. The third-order valence-electron chi connectivity index (χ3n) is 5.51. The lowest BCUT2D eigenvalue weighted by molar-refractivity contribution is -0.140. The van der Waals surface area contributed by atoms with Crippen molar-refractivity contribution in [2.75, 3.05) is 7.11 Å². The van der Waals surface area contributed by atoms with E-state index < -0.39 is 17.7 Å². The van der Waals surface area contributed by atoms with Crippen LogP contribution in [0.15, 0.2) is 78.6 Å². The van der Waals surface area contributed by atoms with Crippen molar-refractivity contribution in [3.8, 4) is 11.5 Å². The number of aromatic nitrogens is 1. The van der Waals surface area contributed by atoms with Crippen LogP contribution in [0, 0.1) is 0 Å². The van der Waals surface area contributed by atoms with Gasteiger partial charge in [0.05, 0.1) is 24.8 Å². The maximum atomic E-state index is 13.2. The molecule has 1 saturated heterocycles. The second-order valence-electron chi connectivity index (χ2n) is 8.26. The lowest BCUT2D eigenvalue weighted by Crippen LogP contribution is -2.29. The molecule has 1 aromatic heterocycles. The molecule has 174 valence electrons. The van der Waals surface area contributed by atoms with Gasteiger partial charge in [0.25, 0.3) is 11.7 Å². The molecule has 4 rings (SSSR count). The third-order valence-corrected chi connectivity index (χ3v) is 5.51. The van der Waals surface area contributed by atoms with E-state index in [1.165, 1.54) is 4.90 Å². The van der Waals surface area contributed by atoms with Crippen molar-refractivity contribution in [1.82, 2.24) is 9.88 Å². The number of hydrogen-bond donors (Lipinski definition) is 1. The summed E-state index contributed by atoms with van der Waals surface area (Å²) < 4.78 is 11.0. The van der Waals surface area contributed by atoms with Gasteiger partial charge in [-0.2, -0.15) is 0 Å². The Morgan fingerprint density at radius 2 is 1.82 bits per heavy atom. The second kappa shape index (κ2) is 9.79. The summed E-state index contributed by atoms with van der Waals surface area (Å²) in [7, 11) is 1.57. The summed E-state index contributed by atoms with van der Waals surface area (Å²) in [6, 6.07) is 16.9. The second-order valence-corrected chi connectivity index (χ2v) is 8.26. The fraction of sp³-hybridized carbons (Fsp3) is 0.222. The van der Waals surface area contributed by atoms with Crippen molar-refractivity contribution in [1.29, 1.82) is 0 Å². The molecule has 1 amide bonds. The first kappa shape index (κ1) is 23.0. The number of carbonyl (C=O) groups is 2. The van der Waals surface area contributed by atoms with Crippen molar-refractivity contribution < 1.29 is 24.2 Å². The summed E-state index contributed by atoms with van der Waals surface area (Å²) in [6.45, 7) is 3.96. The summed E-state index contributed by atoms with van der Waals surface area (Å²) in [6.07, 6.45) is 3.16. The number of methoxy groups -OCH3 is 1. The van der Waals surface area contributed by atoms with Crippen LogP contribution in [0.4, 0.5) is 0 Å². The number of likely N-dealkylation sites (tertiary alicyclic amines) is 1. The molecule has 2 heterocycles. The number of rotatable bonds is 7. The fourth-order valence-corrected chi connectivity index (χ4v) is 4.04. The van der Waals surface area contributed by atoms with Crippen LogP contribution in [-0.4, -0.2) is 39.9 Å². The predicted molar refractivity (Wildman–Crippen MR) is 127 cm³/mol. The molecule has 1 aliphatic heterocycles. The van der Waals surface area contributed by atoms with E-state index >= 15 is 0 Å². The van der Waals surface area contributed by atoms with Gasteiger partial charge in [0.1, 0.15) is 17.3 Å². The number of aliphatic hydroxyl groups is 1. The highest BCUT2D eigenvalue weighted by molar-refractivity contribution is 6.46. The Kier molecular flexibility index (Phi) is 6.63. The zero-order valence-corrected chi connectivity index (χ0v) is 19.3. The lowest BCUT2D eigenvalue weighted by Gasteiger charge is -2.25. The summed E-state index contributed by atoms with van der Waals surface area (Å²) >= 11 is 0. The van der Waals surface area contributed by atoms with Gasteiger partial charge in [-0.1, -0.05) is 30.3 Å². The number of aliphatic hydroxyl groups excluding tert-OH is 1. The molecule has 1 aliphatic rings. The molecule has 1 fully saturated rings. The molecule has 34 heavy (non-hydrogen) atoms. The minimum Gasteiger partial charge on any atom is -0.507 e. The molecule has 1 unspecified atom stereocenters. The molecule has 0 spiro atoms. The highest BCUT2D eigenvalue weighted by Crippen LogP contribution is 2.40. The van der Waals surface area contributed by atoms with E-state index in [1.807, 2.05) is 38.1 Å². The monoisotopic (exact) mass is 458 g/mol. The number of hydrogen-bond acceptors (Lipinski definition) is 6. The molecule has 0 bridgehead atoms. The van der Waals surface area contributed by atoms with Gasteiger partial charge in [-0.25, -0.2) is 0 Å². The first-order valence-electron chi connectivity index (χ1n) is 11.0. The Balaban J connectivity index is 1.81. The quantitative estimate of drug-likeness (QED) is 0.319. The number of benzene rings is 2. The normalized spacial score (nSPS) is 17.3. The first-order valence-corrected chi connectivity index (χ1v) is 11.0. The van der Waals surface area contributed by atoms with Crippen molar-refractivity contribution in [2.24, 2.45) is 0 Å². The summed E-state index contributed by atoms with van der Waals surface area (Å²) in [4.78, 5) is 32.0. The summed E-state index contributed by atoms with van der Waals surface area (Å²) in [5.74, 6) is -0.483. The molecule has 2 aromatic carbocycles. The minimum absolute atomic E-state index is 0.0163. The smallest absolute Gasteiger partial charge is 0.295 e. The van der Waals surface area contributed by atoms with Crippen molar-refractivity contribution in [2.45, 2.75) is 32.5 Å². The van der Waals surface area contributed by atoms with Crippen LogP contribution < -0.4 is 9.47 Å². The molecule has 0 radical (unpaired) electrons. The number of amides is 1. The average molecular weight is 459 g/mol. The summed E-state index contributed by atoms with van der Waals surface area (Å²) in [5.41, 5.74) is 1.83. The Hall–Kier alpha value is -4.13. The number of carbonyl (C=O) groups excluding carboxylic acids is 2. The molecule has 1 atom stereocenters. The third kappa shape index (κ3) is 4.64. The van der Waals surface area contributed by atoms with Crippen molar-refractivity contribution >= 4 is 17.4 Å². The van der Waals surface area contributed by atoms with Gasteiger partial charge in [0, 0.05) is 24.5 Å². The molecule has 0 saturated carbocycles. The number of ether oxygens (including phenoxy) is 2. The van der Waals surface area contributed by atoms with Gasteiger partial charge in [-0.15, -0.1) is 0 Å². The topological polar surface area (TPSA) is 89.0 Å². The fourth-order valence-electron chi connectivity index (χ4n) is 4.04. The SMILES string of the molecule is COc1cccc(CN2C(=O)C(=O)/C(=C(\O)c3cccc(OC(C)C)c3)C2c2cccnc2)c1. The van der Waals surface area contributed by atoms with Crippen LogP contribution in [0.3, 0.4) is 0 Å². The Morgan fingerprint density at radius 3 is 2.53 bits per heavy atom. The molecule has 3 aromatic rings. The average Bonchev–Trinajstić information content (AvgIpc) is 3.09. The van der Waals surface area contributed by atoms with Gasteiger partial charge in [-0.3, -0.25) is 14.6 Å². The van der Waals surface area contributed by atoms with E-state index in [1.54, 1.807) is 55.9 Å². The number of Topliss-reactive ketones (excluding diaryl/α,β-unsaturated/α-hetero) is 1. The van der Waals surface area contributed by atoms with Crippen LogP contribution in [0.25, 0.3) is 5.76 Å². The Bertz CT molecular complexity index is 1240. The van der Waals surface area contributed by atoms with E-state index in [-0.39, 0.29) is 24.0 Å². The zero-order valence-electron chi connectivity index (χ0n) is 19.3. The van der Waals surface area contributed by atoms with E-state index in [0.29, 0.717) is 22.6 Å². The lowest BCUT2D eigenvalue weighted by atomic mass is 9.96. The minimum atomic E-state index is -0.797. The summed E-state index contributed by atoms with van der Waals surface area (Å²) in [5, 5.41) is 11.2. The molecule has 1 N–H and O–H groups in total. The number of pyridine rings is 1. The molecule has 7 heteroatoms. The van der Waals surface area contributed by atoms with Crippen LogP contribution in [0.2, 0.25) is 0 Å². The van der Waals surface area contributed by atoms with Gasteiger partial charge >= 0.3 is 0 Å². The van der Waals surface area contributed by atoms with E-state index in [4.69, 9.17) is 9.47 Å². The van der Waals surface area contributed by atoms with Gasteiger partial charge < -0.3 is 19.5 Å². The standard InChI is InChI=1S/C27H26N2O5/c1-17(2)34-22-11-5-8-19(14-22)25(30)23-24(20-9-6-12-28-15-20)29(27(32)26(23)31)16-18-7-4-10-21(13-18)33-3/h4-15,17,24,30H,16H2,1-3H3/b25-23-. The van der Waals surface area contributed by atoms with E-state index in [9.17, 15) is 14.7 Å². The van der Waals surface area contributed by atoms with E-state index in [2.05, 4.69) is 4.98 Å². The molecule has 0 aliphatic carbocycles. The molecule has 7 nitrogen and oxygen atoms in total. The van der Waals surface area contributed by atoms with Crippen molar-refractivity contribution in [3.05, 3.63) is 95.3 Å². The number of ketones is 1. The predicted octanol–water partition coefficient (Wildman–Crippen LogP) is 4.50. The highest BCUT2D eigenvalue weighted by atomic mass is 16.5. The van der Waals surface area contributed by atoms with Crippen molar-refractivity contribution in [3.63, 3.8) is 0 Å². The highest BCUT2D eigenvalue weighted by Gasteiger charge is 2.46. The van der Waals surface area contributed by atoms with Crippen LogP contribution in [0.1, 0.15) is 36.6 Å².